The second-order valence-corrected chi connectivity index (χ2v) is 3.05. The van der Waals surface area contributed by atoms with Gasteiger partial charge in [0.15, 0.2) is 0 Å². The van der Waals surface area contributed by atoms with Crippen LogP contribution in [0.15, 0.2) is 12.7 Å². The number of ether oxygens (including phenoxy) is 1. The fourth-order valence-electron chi connectivity index (χ4n) is 0.856. The second kappa shape index (κ2) is 4.49. The van der Waals surface area contributed by atoms with E-state index in [1.807, 2.05) is 6.58 Å². The van der Waals surface area contributed by atoms with Crippen molar-refractivity contribution in [3.63, 3.8) is 0 Å². The Labute approximate surface area is 97.2 Å². The summed E-state index contributed by atoms with van der Waals surface area (Å²) in [5.41, 5.74) is -6.15. The van der Waals surface area contributed by atoms with Crippen LogP contribution in [-0.2, 0) is 4.74 Å². The third-order valence-corrected chi connectivity index (χ3v) is 1.76. The van der Waals surface area contributed by atoms with Crippen molar-refractivity contribution in [2.24, 2.45) is 0 Å². The highest BCUT2D eigenvalue weighted by Crippen LogP contribution is 2.54. The molecular weight excluding hydrogens is 309 g/mol. The third kappa shape index (κ3) is 3.09. The number of hydrogen-bond acceptors (Lipinski definition) is 1. The maximum atomic E-state index is 13.1. The molecule has 0 radical (unpaired) electrons. The predicted octanol–water partition coefficient (Wildman–Crippen LogP) is 4.21. The molecule has 0 aromatic carbocycles. The predicted molar refractivity (Wildman–Crippen MR) is 37.1 cm³/mol. The Morgan fingerprint density at radius 1 is 0.737 bits per heavy atom. The van der Waals surface area contributed by atoms with Crippen molar-refractivity contribution < 1.29 is 53.0 Å². The van der Waals surface area contributed by atoms with Crippen LogP contribution in [0.4, 0.5) is 48.3 Å². The molecule has 0 N–H and O–H groups in total. The van der Waals surface area contributed by atoms with Crippen molar-refractivity contribution in [2.45, 2.75) is 30.2 Å². The average Bonchev–Trinajstić information content (AvgIpc) is 2.10. The fraction of sp³-hybridized carbons (Fsp3) is 0.714. The van der Waals surface area contributed by atoms with Gasteiger partial charge in [-0.05, 0) is 6.08 Å². The number of alkyl halides is 11. The van der Waals surface area contributed by atoms with Crippen LogP contribution >= 0.6 is 0 Å². The fourth-order valence-corrected chi connectivity index (χ4v) is 0.856. The lowest BCUT2D eigenvalue weighted by molar-refractivity contribution is -0.472. The standard InChI is InChI=1S/C7H3F11O/c1-2-3(8,4(9,10)5(11,12)13)6(14,15)19-7(16,17)18/h2H,1H2. The van der Waals surface area contributed by atoms with Gasteiger partial charge in [0.2, 0.25) is 0 Å². The third-order valence-electron chi connectivity index (χ3n) is 1.76. The molecule has 0 spiro atoms. The van der Waals surface area contributed by atoms with Crippen LogP contribution in [0.3, 0.4) is 0 Å². The molecule has 0 amide bonds. The van der Waals surface area contributed by atoms with Crippen LogP contribution < -0.4 is 0 Å². The van der Waals surface area contributed by atoms with Crippen molar-refractivity contribution in [1.29, 1.82) is 0 Å². The van der Waals surface area contributed by atoms with E-state index < -0.39 is 36.3 Å². The van der Waals surface area contributed by atoms with Crippen molar-refractivity contribution in [2.75, 3.05) is 0 Å². The highest BCUT2D eigenvalue weighted by Gasteiger charge is 2.81. The number of halogens is 11. The lowest BCUT2D eigenvalue weighted by atomic mass is 9.95. The van der Waals surface area contributed by atoms with E-state index in [0.29, 0.717) is 0 Å². The maximum absolute atomic E-state index is 13.1. The van der Waals surface area contributed by atoms with Crippen LogP contribution in [-0.4, -0.2) is 30.2 Å². The average molecular weight is 312 g/mol. The first-order chi connectivity index (χ1) is 8.02. The van der Waals surface area contributed by atoms with E-state index in [-0.39, 0.29) is 0 Å². The van der Waals surface area contributed by atoms with E-state index >= 15 is 0 Å². The summed E-state index contributed by atoms with van der Waals surface area (Å²) in [7, 11) is 0. The molecule has 0 saturated carbocycles. The summed E-state index contributed by atoms with van der Waals surface area (Å²) in [6, 6.07) is 0. The van der Waals surface area contributed by atoms with Crippen LogP contribution in [0.25, 0.3) is 0 Å². The highest BCUT2D eigenvalue weighted by atomic mass is 19.4. The van der Waals surface area contributed by atoms with E-state index in [1.54, 1.807) is 4.74 Å². The van der Waals surface area contributed by atoms with Gasteiger partial charge in [-0.15, -0.1) is 13.2 Å². The van der Waals surface area contributed by atoms with Gasteiger partial charge in [-0.1, -0.05) is 6.58 Å². The van der Waals surface area contributed by atoms with Gasteiger partial charge in [-0.3, -0.25) is 0 Å². The van der Waals surface area contributed by atoms with E-state index in [2.05, 4.69) is 0 Å². The van der Waals surface area contributed by atoms with E-state index in [1.165, 1.54) is 0 Å². The zero-order valence-corrected chi connectivity index (χ0v) is 8.35. The Morgan fingerprint density at radius 2 is 1.11 bits per heavy atom. The van der Waals surface area contributed by atoms with Crippen molar-refractivity contribution in [3.8, 4) is 0 Å². The summed E-state index contributed by atoms with van der Waals surface area (Å²) >= 11 is 0. The molecule has 0 saturated heterocycles. The topological polar surface area (TPSA) is 9.23 Å². The molecule has 0 fully saturated rings. The van der Waals surface area contributed by atoms with Gasteiger partial charge in [-0.25, -0.2) is 9.13 Å². The van der Waals surface area contributed by atoms with E-state index in [4.69, 9.17) is 0 Å². The molecule has 1 nitrogen and oxygen atoms in total. The van der Waals surface area contributed by atoms with E-state index in [0.717, 1.165) is 0 Å². The van der Waals surface area contributed by atoms with Crippen molar-refractivity contribution in [3.05, 3.63) is 12.7 Å². The smallest absolute Gasteiger partial charge is 0.223 e. The summed E-state index contributed by atoms with van der Waals surface area (Å²) in [5, 5.41) is 0. The molecule has 0 bridgehead atoms. The molecule has 1 unspecified atom stereocenters. The van der Waals surface area contributed by atoms with Gasteiger partial charge >= 0.3 is 24.6 Å². The molecule has 0 rings (SSSR count). The monoisotopic (exact) mass is 312 g/mol. The number of hydrogen-bond donors (Lipinski definition) is 0. The quantitative estimate of drug-likeness (QED) is 0.558. The lowest BCUT2D eigenvalue weighted by Crippen LogP contribution is -2.64. The second-order valence-electron chi connectivity index (χ2n) is 3.05. The Hall–Kier alpha value is -1.07. The molecule has 114 valence electrons. The summed E-state index contributed by atoms with van der Waals surface area (Å²) in [4.78, 5) is 0. The molecule has 0 heterocycles. The van der Waals surface area contributed by atoms with Gasteiger partial charge in [0.25, 0.3) is 5.67 Å². The van der Waals surface area contributed by atoms with Gasteiger partial charge in [0.1, 0.15) is 0 Å². The maximum Gasteiger partial charge on any atom is 0.527 e. The van der Waals surface area contributed by atoms with Gasteiger partial charge < -0.3 is 0 Å². The molecule has 19 heavy (non-hydrogen) atoms. The zero-order chi connectivity index (χ0) is 15.9. The molecule has 0 aliphatic heterocycles. The molecule has 0 aromatic heterocycles. The Balaban J connectivity index is 5.81. The molecule has 12 heteroatoms. The van der Waals surface area contributed by atoms with Crippen LogP contribution in [0.2, 0.25) is 0 Å². The zero-order valence-electron chi connectivity index (χ0n) is 8.35. The molecular formula is C7H3F11O. The first-order valence-corrected chi connectivity index (χ1v) is 3.93. The Kier molecular flexibility index (Phi) is 4.24. The summed E-state index contributed by atoms with van der Waals surface area (Å²) < 4.78 is 135. The number of rotatable bonds is 4. The first kappa shape index (κ1) is 17.9. The van der Waals surface area contributed by atoms with E-state index in [9.17, 15) is 48.3 Å². The SMILES string of the molecule is C=CC(F)(C(F)(F)OC(F)(F)F)C(F)(F)C(F)(F)F. The minimum absolute atomic E-state index is 1.30. The van der Waals surface area contributed by atoms with Gasteiger partial charge in [-0.2, -0.15) is 30.7 Å². The summed E-state index contributed by atoms with van der Waals surface area (Å²) in [6.45, 7) is 1.93. The minimum atomic E-state index is -6.89. The highest BCUT2D eigenvalue weighted by molar-refractivity contribution is 5.14. The molecule has 0 aliphatic carbocycles. The van der Waals surface area contributed by atoms with Gasteiger partial charge in [0, 0.05) is 0 Å². The lowest BCUT2D eigenvalue weighted by Gasteiger charge is -2.36. The minimum Gasteiger partial charge on any atom is -0.223 e. The van der Waals surface area contributed by atoms with Crippen molar-refractivity contribution in [1.82, 2.24) is 0 Å². The van der Waals surface area contributed by atoms with Crippen LogP contribution in [0.5, 0.6) is 0 Å². The Bertz CT molecular complexity index is 340. The van der Waals surface area contributed by atoms with Crippen LogP contribution in [0, 0.1) is 0 Å². The van der Waals surface area contributed by atoms with Crippen LogP contribution in [0.1, 0.15) is 0 Å². The summed E-state index contributed by atoms with van der Waals surface area (Å²) in [5.74, 6) is -6.86. The summed E-state index contributed by atoms with van der Waals surface area (Å²) in [6.07, 6.45) is -21.1. The first-order valence-electron chi connectivity index (χ1n) is 3.93. The van der Waals surface area contributed by atoms with Crippen molar-refractivity contribution >= 4 is 0 Å². The van der Waals surface area contributed by atoms with Gasteiger partial charge in [0.05, 0.1) is 0 Å². The molecule has 1 atom stereocenters. The normalized spacial score (nSPS) is 18.1. The Morgan fingerprint density at radius 3 is 1.32 bits per heavy atom. The molecule has 0 aromatic rings. The molecule has 0 aliphatic rings. The largest absolute Gasteiger partial charge is 0.527 e.